The molecule has 70 valence electrons. The van der Waals surface area contributed by atoms with Crippen LogP contribution >= 0.6 is 0 Å². The van der Waals surface area contributed by atoms with Gasteiger partial charge in [-0.15, -0.1) is 0 Å². The molecule has 0 unspecified atom stereocenters. The van der Waals surface area contributed by atoms with Gasteiger partial charge in [0.25, 0.3) is 5.91 Å². The molecule has 0 bridgehead atoms. The predicted molar refractivity (Wildman–Crippen MR) is 48.1 cm³/mol. The third kappa shape index (κ3) is 1.26. The first kappa shape index (κ1) is 8.50. The normalized spacial score (nSPS) is 16.6. The van der Waals surface area contributed by atoms with E-state index < -0.39 is 11.9 Å². The summed E-state index contributed by atoms with van der Waals surface area (Å²) in [7, 11) is 0. The van der Waals surface area contributed by atoms with Crippen molar-refractivity contribution < 1.29 is 14.7 Å². The quantitative estimate of drug-likeness (QED) is 0.619. The topological polar surface area (TPSA) is 69.2 Å². The summed E-state index contributed by atoms with van der Waals surface area (Å²) >= 11 is 0. The van der Waals surface area contributed by atoms with Crippen LogP contribution in [0.2, 0.25) is 0 Å². The minimum absolute atomic E-state index is 0.139. The van der Waals surface area contributed by atoms with E-state index in [9.17, 15) is 14.7 Å². The Morgan fingerprint density at radius 1 is 1.36 bits per heavy atom. The van der Waals surface area contributed by atoms with Crippen LogP contribution in [-0.2, 0) is 9.59 Å². The van der Waals surface area contributed by atoms with Gasteiger partial charge in [0.15, 0.2) is 0 Å². The fourth-order valence-electron chi connectivity index (χ4n) is 1.40. The van der Waals surface area contributed by atoms with Gasteiger partial charge in [0, 0.05) is 11.3 Å². The summed E-state index contributed by atoms with van der Waals surface area (Å²) in [5, 5.41) is 12.9. The highest BCUT2D eigenvalue weighted by molar-refractivity contribution is 6.33. The van der Waals surface area contributed by atoms with Crippen molar-refractivity contribution in [3.63, 3.8) is 0 Å². The predicted octanol–water partition coefficient (Wildman–Crippen LogP) is -0.228. The molecule has 2 rings (SSSR count). The van der Waals surface area contributed by atoms with Crippen LogP contribution in [0.4, 0.5) is 5.69 Å². The number of carbonyl (C=O) groups is 2. The molecule has 0 saturated carbocycles. The standard InChI is InChI=1S/C10H7NO3/c12-9(13)5-7-6-3-1-2-4-8(6)11-10(7)14/h1-5H,(H,11,14)(H,12,13)/p-1/b7-5+. The van der Waals surface area contributed by atoms with Crippen LogP contribution in [0.1, 0.15) is 5.56 Å². The first-order valence-corrected chi connectivity index (χ1v) is 4.02. The number of aliphatic carboxylic acids is 1. The summed E-state index contributed by atoms with van der Waals surface area (Å²) in [6.07, 6.45) is 0.807. The highest BCUT2D eigenvalue weighted by Gasteiger charge is 2.22. The van der Waals surface area contributed by atoms with Gasteiger partial charge in [-0.3, -0.25) is 4.79 Å². The van der Waals surface area contributed by atoms with E-state index in [0.29, 0.717) is 11.3 Å². The van der Waals surface area contributed by atoms with E-state index in [-0.39, 0.29) is 5.57 Å². The van der Waals surface area contributed by atoms with E-state index in [1.807, 2.05) is 0 Å². The Balaban J connectivity index is 2.55. The number of carboxylic acids is 1. The van der Waals surface area contributed by atoms with Crippen LogP contribution in [0, 0.1) is 0 Å². The Bertz CT molecular complexity index is 448. The molecule has 1 heterocycles. The van der Waals surface area contributed by atoms with Crippen molar-refractivity contribution in [1.82, 2.24) is 0 Å². The van der Waals surface area contributed by atoms with Crippen LogP contribution in [0.5, 0.6) is 0 Å². The lowest BCUT2D eigenvalue weighted by Gasteiger charge is -1.97. The summed E-state index contributed by atoms with van der Waals surface area (Å²) < 4.78 is 0. The van der Waals surface area contributed by atoms with E-state index in [1.54, 1.807) is 24.3 Å². The number of fused-ring (bicyclic) bond motifs is 1. The van der Waals surface area contributed by atoms with E-state index >= 15 is 0 Å². The first-order chi connectivity index (χ1) is 6.68. The molecule has 1 aromatic rings. The molecule has 0 spiro atoms. The third-order valence-corrected chi connectivity index (χ3v) is 1.97. The molecular formula is C10H6NO3-. The number of para-hydroxylation sites is 1. The monoisotopic (exact) mass is 188 g/mol. The molecule has 0 aromatic heterocycles. The fraction of sp³-hybridized carbons (Fsp3) is 0. The van der Waals surface area contributed by atoms with Crippen LogP contribution in [0.25, 0.3) is 5.57 Å². The Kier molecular flexibility index (Phi) is 1.81. The first-order valence-electron chi connectivity index (χ1n) is 4.02. The van der Waals surface area contributed by atoms with Gasteiger partial charge < -0.3 is 15.2 Å². The number of amides is 1. The van der Waals surface area contributed by atoms with Gasteiger partial charge in [-0.05, 0) is 12.1 Å². The van der Waals surface area contributed by atoms with E-state index in [2.05, 4.69) is 5.32 Å². The molecule has 14 heavy (non-hydrogen) atoms. The molecular weight excluding hydrogens is 182 g/mol. The lowest BCUT2D eigenvalue weighted by Crippen LogP contribution is -2.20. The number of carbonyl (C=O) groups excluding carboxylic acids is 2. The van der Waals surface area contributed by atoms with Gasteiger partial charge in [0.05, 0.1) is 11.5 Å². The van der Waals surface area contributed by atoms with E-state index in [0.717, 1.165) is 6.08 Å². The van der Waals surface area contributed by atoms with Crippen molar-refractivity contribution in [1.29, 1.82) is 0 Å². The minimum Gasteiger partial charge on any atom is -0.545 e. The smallest absolute Gasteiger partial charge is 0.256 e. The van der Waals surface area contributed by atoms with Gasteiger partial charge in [0.2, 0.25) is 0 Å². The second-order valence-corrected chi connectivity index (χ2v) is 2.88. The van der Waals surface area contributed by atoms with Gasteiger partial charge in [-0.1, -0.05) is 18.2 Å². The highest BCUT2D eigenvalue weighted by Crippen LogP contribution is 2.30. The highest BCUT2D eigenvalue weighted by atomic mass is 16.4. The molecule has 4 nitrogen and oxygen atoms in total. The molecule has 1 N–H and O–H groups in total. The second kappa shape index (κ2) is 2.99. The van der Waals surface area contributed by atoms with Crippen LogP contribution in [-0.4, -0.2) is 11.9 Å². The number of rotatable bonds is 1. The maximum absolute atomic E-state index is 11.3. The maximum atomic E-state index is 11.3. The average Bonchev–Trinajstić information content (AvgIpc) is 2.43. The molecule has 0 aliphatic carbocycles. The average molecular weight is 188 g/mol. The Morgan fingerprint density at radius 2 is 2.07 bits per heavy atom. The number of hydrogen-bond acceptors (Lipinski definition) is 3. The summed E-state index contributed by atoms with van der Waals surface area (Å²) in [6.45, 7) is 0. The molecule has 1 amide bonds. The number of nitrogens with one attached hydrogen (secondary N) is 1. The number of carboxylic acid groups (broad SMARTS) is 1. The van der Waals surface area contributed by atoms with Gasteiger partial charge in [-0.25, -0.2) is 0 Å². The van der Waals surface area contributed by atoms with Crippen LogP contribution in [0.15, 0.2) is 30.3 Å². The van der Waals surface area contributed by atoms with Gasteiger partial charge in [-0.2, -0.15) is 0 Å². The molecule has 1 aliphatic heterocycles. The van der Waals surface area contributed by atoms with E-state index in [1.165, 1.54) is 0 Å². The van der Waals surface area contributed by atoms with Gasteiger partial charge in [0.1, 0.15) is 0 Å². The third-order valence-electron chi connectivity index (χ3n) is 1.97. The molecule has 4 heteroatoms. The lowest BCUT2D eigenvalue weighted by atomic mass is 10.1. The number of anilines is 1. The molecule has 1 aliphatic rings. The van der Waals surface area contributed by atoms with Crippen molar-refractivity contribution in [2.75, 3.05) is 5.32 Å². The van der Waals surface area contributed by atoms with Crippen molar-refractivity contribution in [2.24, 2.45) is 0 Å². The van der Waals surface area contributed by atoms with Crippen LogP contribution in [0.3, 0.4) is 0 Å². The summed E-state index contributed by atoms with van der Waals surface area (Å²) in [5.41, 5.74) is 1.37. The molecule has 1 aromatic carbocycles. The largest absolute Gasteiger partial charge is 0.545 e. The molecule has 0 fully saturated rings. The second-order valence-electron chi connectivity index (χ2n) is 2.88. The minimum atomic E-state index is -1.37. The summed E-state index contributed by atoms with van der Waals surface area (Å²) in [5.74, 6) is -1.78. The zero-order valence-electron chi connectivity index (χ0n) is 7.11. The zero-order valence-corrected chi connectivity index (χ0v) is 7.11. The summed E-state index contributed by atoms with van der Waals surface area (Å²) in [6, 6.07) is 6.90. The lowest BCUT2D eigenvalue weighted by molar-refractivity contribution is -0.297. The number of hydrogen-bond donors (Lipinski definition) is 1. The van der Waals surface area contributed by atoms with Gasteiger partial charge >= 0.3 is 0 Å². The Hall–Kier alpha value is -2.10. The van der Waals surface area contributed by atoms with Crippen LogP contribution < -0.4 is 10.4 Å². The summed E-state index contributed by atoms with van der Waals surface area (Å²) in [4.78, 5) is 21.6. The van der Waals surface area contributed by atoms with E-state index in [4.69, 9.17) is 0 Å². The fourth-order valence-corrected chi connectivity index (χ4v) is 1.40. The molecule has 0 radical (unpaired) electrons. The Labute approximate surface area is 79.9 Å². The molecule has 0 atom stereocenters. The maximum Gasteiger partial charge on any atom is 0.256 e. The SMILES string of the molecule is O=C([O-])/C=C1/C(=O)Nc2ccccc21. The van der Waals surface area contributed by atoms with Crippen molar-refractivity contribution >= 4 is 23.1 Å². The number of benzene rings is 1. The zero-order chi connectivity index (χ0) is 10.1. The van der Waals surface area contributed by atoms with Crippen molar-refractivity contribution in [3.05, 3.63) is 35.9 Å². The Morgan fingerprint density at radius 3 is 2.79 bits per heavy atom. The van der Waals surface area contributed by atoms with Crippen molar-refractivity contribution in [3.8, 4) is 0 Å². The molecule has 0 saturated heterocycles. The van der Waals surface area contributed by atoms with Crippen molar-refractivity contribution in [2.45, 2.75) is 0 Å².